The van der Waals surface area contributed by atoms with Crippen LogP contribution in [0.1, 0.15) is 13.8 Å². The average Bonchev–Trinajstić information content (AvgIpc) is 2.17. The smallest absolute Gasteiger partial charge is 0.356 e. The summed E-state index contributed by atoms with van der Waals surface area (Å²) in [6.45, 7) is 3.28. The normalized spacial score (nSPS) is 30.4. The molecule has 0 aromatic rings. The molecule has 2 aliphatic rings. The number of carbonyl (C=O) groups excluding carboxylic acids is 1. The van der Waals surface area contributed by atoms with Crippen molar-refractivity contribution in [3.05, 3.63) is 11.5 Å². The van der Waals surface area contributed by atoms with Crippen LogP contribution in [-0.2, 0) is 14.3 Å². The maximum atomic E-state index is 11.7. The van der Waals surface area contributed by atoms with Crippen molar-refractivity contribution in [3.63, 3.8) is 0 Å². The number of hydrogen-bond acceptors (Lipinski definition) is 4. The summed E-state index contributed by atoms with van der Waals surface area (Å²) < 4.78 is 5.21. The lowest BCUT2D eigenvalue weighted by Gasteiger charge is -2.50. The fraction of sp³-hybridized carbons (Fsp3) is 0.600. The number of aliphatic hydroxyl groups excluding tert-OH is 1. The third kappa shape index (κ3) is 1.30. The Morgan fingerprint density at radius 3 is 2.75 bits per heavy atom. The summed E-state index contributed by atoms with van der Waals surface area (Å²) >= 11 is 0. The molecule has 0 radical (unpaired) electrons. The van der Waals surface area contributed by atoms with E-state index < -0.39 is 18.0 Å². The summed E-state index contributed by atoms with van der Waals surface area (Å²) in [5.41, 5.74) is -0.113. The maximum absolute atomic E-state index is 11.7. The number of hydrogen-bond donors (Lipinski definition) is 2. The zero-order chi connectivity index (χ0) is 12.0. The fourth-order valence-electron chi connectivity index (χ4n) is 2.25. The van der Waals surface area contributed by atoms with Crippen LogP contribution in [0, 0.1) is 5.92 Å². The Morgan fingerprint density at radius 1 is 1.62 bits per heavy atom. The summed E-state index contributed by atoms with van der Waals surface area (Å²) in [5.74, 6) is -1.84. The van der Waals surface area contributed by atoms with Gasteiger partial charge in [0, 0.05) is 0 Å². The van der Waals surface area contributed by atoms with E-state index in [1.165, 1.54) is 18.7 Å². The van der Waals surface area contributed by atoms with Crippen LogP contribution in [0.4, 0.5) is 0 Å². The van der Waals surface area contributed by atoms with Gasteiger partial charge in [0.1, 0.15) is 12.4 Å². The highest BCUT2D eigenvalue weighted by Gasteiger charge is 2.55. The van der Waals surface area contributed by atoms with Crippen LogP contribution < -0.4 is 0 Å². The maximum Gasteiger partial charge on any atom is 0.356 e. The summed E-state index contributed by atoms with van der Waals surface area (Å²) in [6.07, 6.45) is -0.786. The molecule has 2 aliphatic heterocycles. The molecule has 0 spiro atoms. The van der Waals surface area contributed by atoms with E-state index in [9.17, 15) is 14.7 Å². The molecule has 0 bridgehead atoms. The number of amides is 1. The Labute approximate surface area is 92.1 Å². The first-order chi connectivity index (χ1) is 7.45. The molecule has 2 rings (SSSR count). The number of carbonyl (C=O) groups is 2. The molecule has 2 N–H and O–H groups in total. The number of carboxylic acids is 1. The van der Waals surface area contributed by atoms with Crippen LogP contribution in [0.3, 0.4) is 0 Å². The molecule has 6 nitrogen and oxygen atoms in total. The Bertz CT molecular complexity index is 387. The third-order valence-electron chi connectivity index (χ3n) is 3.04. The summed E-state index contributed by atoms with van der Waals surface area (Å²) in [6, 6.07) is -0.359. The molecule has 0 aliphatic carbocycles. The summed E-state index contributed by atoms with van der Waals surface area (Å²) in [7, 11) is 0. The van der Waals surface area contributed by atoms with E-state index in [0.29, 0.717) is 0 Å². The zero-order valence-corrected chi connectivity index (χ0v) is 9.01. The standard InChI is InChI=1S/C10H13NO5/c1-4(12)7-6-3-16-5(2)8(10(14)15)11(6)9(7)13/h4,6-7,12H,3H2,1-2H3,(H,14,15)/t4-,6-,7+/m0/s1. The van der Waals surface area contributed by atoms with Gasteiger partial charge in [-0.2, -0.15) is 0 Å². The van der Waals surface area contributed by atoms with Crippen molar-refractivity contribution in [3.8, 4) is 0 Å². The lowest BCUT2D eigenvalue weighted by Crippen LogP contribution is -2.67. The minimum atomic E-state index is -1.18. The number of aliphatic hydroxyl groups is 1. The largest absolute Gasteiger partial charge is 0.494 e. The third-order valence-corrected chi connectivity index (χ3v) is 3.04. The molecule has 0 unspecified atom stereocenters. The number of rotatable bonds is 2. The van der Waals surface area contributed by atoms with Crippen molar-refractivity contribution < 1.29 is 24.5 Å². The first-order valence-corrected chi connectivity index (χ1v) is 5.03. The molecule has 1 fully saturated rings. The second kappa shape index (κ2) is 3.48. The van der Waals surface area contributed by atoms with Gasteiger partial charge in [-0.05, 0) is 13.8 Å². The molecule has 0 saturated carbocycles. The SMILES string of the molecule is CC1=C(C(=O)O)N2C(=O)[C@H]([C@H](C)O)[C@@H]2CO1. The van der Waals surface area contributed by atoms with Gasteiger partial charge in [0.25, 0.3) is 0 Å². The summed E-state index contributed by atoms with van der Waals surface area (Å²) in [4.78, 5) is 23.9. The van der Waals surface area contributed by atoms with Crippen LogP contribution in [0.15, 0.2) is 11.5 Å². The van der Waals surface area contributed by atoms with Crippen molar-refractivity contribution in [2.24, 2.45) is 5.92 Å². The van der Waals surface area contributed by atoms with Gasteiger partial charge in [-0.1, -0.05) is 0 Å². The fourth-order valence-corrected chi connectivity index (χ4v) is 2.25. The lowest BCUT2D eigenvalue weighted by atomic mass is 9.82. The minimum absolute atomic E-state index is 0.113. The van der Waals surface area contributed by atoms with E-state index in [1.807, 2.05) is 0 Å². The first-order valence-electron chi connectivity index (χ1n) is 5.03. The lowest BCUT2D eigenvalue weighted by molar-refractivity contribution is -0.171. The highest BCUT2D eigenvalue weighted by atomic mass is 16.5. The van der Waals surface area contributed by atoms with Gasteiger partial charge in [0.15, 0.2) is 5.70 Å². The van der Waals surface area contributed by atoms with E-state index >= 15 is 0 Å². The minimum Gasteiger partial charge on any atom is -0.494 e. The molecule has 88 valence electrons. The molecule has 1 saturated heterocycles. The number of ether oxygens (including phenoxy) is 1. The van der Waals surface area contributed by atoms with E-state index in [1.54, 1.807) is 0 Å². The number of aliphatic carboxylic acids is 1. The molecular weight excluding hydrogens is 214 g/mol. The average molecular weight is 227 g/mol. The Kier molecular flexibility index (Phi) is 2.38. The van der Waals surface area contributed by atoms with Gasteiger partial charge in [-0.3, -0.25) is 9.69 Å². The van der Waals surface area contributed by atoms with Gasteiger partial charge < -0.3 is 14.9 Å². The van der Waals surface area contributed by atoms with E-state index in [2.05, 4.69) is 0 Å². The number of fused-ring (bicyclic) bond motifs is 1. The summed E-state index contributed by atoms with van der Waals surface area (Å²) in [5, 5.41) is 18.4. The molecule has 0 aromatic carbocycles. The highest BCUT2D eigenvalue weighted by molar-refractivity contribution is 5.98. The zero-order valence-electron chi connectivity index (χ0n) is 9.01. The van der Waals surface area contributed by atoms with Crippen molar-refractivity contribution in [1.29, 1.82) is 0 Å². The van der Waals surface area contributed by atoms with Crippen LogP contribution in [0.2, 0.25) is 0 Å². The van der Waals surface area contributed by atoms with Crippen molar-refractivity contribution in [2.75, 3.05) is 6.61 Å². The van der Waals surface area contributed by atoms with Crippen molar-refractivity contribution in [1.82, 2.24) is 4.90 Å². The van der Waals surface area contributed by atoms with Gasteiger partial charge >= 0.3 is 5.97 Å². The van der Waals surface area contributed by atoms with Gasteiger partial charge in [-0.15, -0.1) is 0 Å². The molecule has 16 heavy (non-hydrogen) atoms. The van der Waals surface area contributed by atoms with Crippen molar-refractivity contribution >= 4 is 11.9 Å². The number of carboxylic acid groups (broad SMARTS) is 1. The molecule has 2 heterocycles. The van der Waals surface area contributed by atoms with Crippen LogP contribution in [0.25, 0.3) is 0 Å². The highest BCUT2D eigenvalue weighted by Crippen LogP contribution is 2.37. The van der Waals surface area contributed by atoms with E-state index in [0.717, 1.165) is 0 Å². The van der Waals surface area contributed by atoms with E-state index in [4.69, 9.17) is 9.84 Å². The van der Waals surface area contributed by atoms with Gasteiger partial charge in [-0.25, -0.2) is 4.79 Å². The predicted molar refractivity (Wildman–Crippen MR) is 52.1 cm³/mol. The monoisotopic (exact) mass is 227 g/mol. The molecule has 1 amide bonds. The number of nitrogens with zero attached hydrogens (tertiary/aromatic N) is 1. The molecule has 3 atom stereocenters. The second-order valence-corrected chi connectivity index (χ2v) is 4.06. The molecule has 0 aromatic heterocycles. The number of allylic oxidation sites excluding steroid dienone is 1. The first kappa shape index (κ1) is 10.9. The molecule has 6 heteroatoms. The molecular formula is C10H13NO5. The Morgan fingerprint density at radius 2 is 2.25 bits per heavy atom. The second-order valence-electron chi connectivity index (χ2n) is 4.06. The Hall–Kier alpha value is -1.56. The van der Waals surface area contributed by atoms with E-state index in [-0.39, 0.29) is 30.0 Å². The Balaban J connectivity index is 2.31. The van der Waals surface area contributed by atoms with Crippen molar-refractivity contribution in [2.45, 2.75) is 26.0 Å². The van der Waals surface area contributed by atoms with Crippen LogP contribution in [-0.4, -0.2) is 45.7 Å². The topological polar surface area (TPSA) is 87.1 Å². The quantitative estimate of drug-likeness (QED) is 0.623. The van der Waals surface area contributed by atoms with Gasteiger partial charge in [0.2, 0.25) is 5.91 Å². The predicted octanol–water partition coefficient (Wildman–Crippen LogP) is -0.460. The van der Waals surface area contributed by atoms with Gasteiger partial charge in [0.05, 0.1) is 18.1 Å². The van der Waals surface area contributed by atoms with Crippen LogP contribution in [0.5, 0.6) is 0 Å². The number of β-lactam (4-membered cyclic amide) rings is 1. The van der Waals surface area contributed by atoms with Crippen LogP contribution >= 0.6 is 0 Å².